The highest BCUT2D eigenvalue weighted by atomic mass is 127. The van der Waals surface area contributed by atoms with Gasteiger partial charge in [-0.15, -0.1) is 24.0 Å². The topological polar surface area (TPSA) is 116 Å². The summed E-state index contributed by atoms with van der Waals surface area (Å²) >= 11 is 0. The number of carbonyl (C=O) groups is 2. The van der Waals surface area contributed by atoms with E-state index >= 15 is 0 Å². The lowest BCUT2D eigenvalue weighted by Crippen LogP contribution is -2.54. The molecular weight excluding hydrogens is 463 g/mol. The van der Waals surface area contributed by atoms with Gasteiger partial charge in [-0.2, -0.15) is 0 Å². The van der Waals surface area contributed by atoms with Gasteiger partial charge in [0.2, 0.25) is 5.91 Å². The summed E-state index contributed by atoms with van der Waals surface area (Å²) in [6.45, 7) is 4.08. The third kappa shape index (κ3) is 6.38. The van der Waals surface area contributed by atoms with E-state index in [9.17, 15) is 9.59 Å². The van der Waals surface area contributed by atoms with Crippen LogP contribution < -0.4 is 16.4 Å². The molecule has 4 N–H and O–H groups in total. The van der Waals surface area contributed by atoms with Crippen molar-refractivity contribution in [2.45, 2.75) is 25.4 Å². The maximum atomic E-state index is 11.9. The Labute approximate surface area is 175 Å². The predicted octanol–water partition coefficient (Wildman–Crippen LogP) is -0.0319. The fraction of sp³-hybridized carbons (Fsp3) is 0.588. The van der Waals surface area contributed by atoms with Crippen LogP contribution in [-0.4, -0.2) is 73.4 Å². The zero-order valence-corrected chi connectivity index (χ0v) is 17.8. The van der Waals surface area contributed by atoms with Crippen LogP contribution in [0.1, 0.15) is 29.2 Å². The standard InChI is InChI=1S/C17H26N6O3.HI/c1-19-17(20-10-13-4-5-14(26-13)16(18)25)23-8-6-22(7-9-23)11-15(24)21-12-2-3-12;/h4-5,12H,2-3,6-11H2,1H3,(H2,18,25)(H,19,20)(H,21,24);1H. The van der Waals surface area contributed by atoms with Crippen molar-refractivity contribution >= 4 is 41.8 Å². The third-order valence-corrected chi connectivity index (χ3v) is 4.52. The normalized spacial score (nSPS) is 18.0. The van der Waals surface area contributed by atoms with Crippen molar-refractivity contribution in [2.75, 3.05) is 39.8 Å². The summed E-state index contributed by atoms with van der Waals surface area (Å²) in [4.78, 5) is 31.6. The zero-order valence-electron chi connectivity index (χ0n) is 15.4. The summed E-state index contributed by atoms with van der Waals surface area (Å²) in [6, 6.07) is 3.69. The van der Waals surface area contributed by atoms with Gasteiger partial charge < -0.3 is 25.7 Å². The van der Waals surface area contributed by atoms with E-state index in [1.165, 1.54) is 0 Å². The number of nitrogens with one attached hydrogen (secondary N) is 2. The summed E-state index contributed by atoms with van der Waals surface area (Å²) in [7, 11) is 1.73. The second-order valence-electron chi connectivity index (χ2n) is 6.64. The van der Waals surface area contributed by atoms with Crippen LogP contribution in [0.4, 0.5) is 0 Å². The van der Waals surface area contributed by atoms with Gasteiger partial charge >= 0.3 is 0 Å². The number of piperazine rings is 1. The molecule has 0 bridgehead atoms. The van der Waals surface area contributed by atoms with Crippen molar-refractivity contribution in [1.82, 2.24) is 20.4 Å². The molecule has 1 aromatic rings. The minimum Gasteiger partial charge on any atom is -0.454 e. The maximum Gasteiger partial charge on any atom is 0.284 e. The summed E-state index contributed by atoms with van der Waals surface area (Å²) in [5.41, 5.74) is 5.19. The van der Waals surface area contributed by atoms with Crippen molar-refractivity contribution in [1.29, 1.82) is 0 Å². The van der Waals surface area contributed by atoms with Gasteiger partial charge in [0, 0.05) is 39.3 Å². The highest BCUT2D eigenvalue weighted by Crippen LogP contribution is 2.18. The predicted molar refractivity (Wildman–Crippen MR) is 112 cm³/mol. The van der Waals surface area contributed by atoms with Crippen LogP contribution in [0.25, 0.3) is 0 Å². The Balaban J connectivity index is 0.00000261. The highest BCUT2D eigenvalue weighted by molar-refractivity contribution is 14.0. The highest BCUT2D eigenvalue weighted by Gasteiger charge is 2.25. The Morgan fingerprint density at radius 2 is 1.96 bits per heavy atom. The number of rotatable bonds is 6. The molecule has 150 valence electrons. The number of halogens is 1. The Hall–Kier alpha value is -1.82. The molecule has 9 nitrogen and oxygen atoms in total. The number of nitrogens with zero attached hydrogens (tertiary/aromatic N) is 3. The number of amides is 2. The molecule has 2 aliphatic rings. The number of hydrogen-bond donors (Lipinski definition) is 3. The molecule has 1 saturated carbocycles. The monoisotopic (exact) mass is 490 g/mol. The van der Waals surface area contributed by atoms with E-state index in [2.05, 4.69) is 25.4 Å². The molecule has 0 radical (unpaired) electrons. The third-order valence-electron chi connectivity index (χ3n) is 4.52. The average molecular weight is 490 g/mol. The molecule has 3 rings (SSSR count). The number of hydrogen-bond acceptors (Lipinski definition) is 5. The fourth-order valence-electron chi connectivity index (χ4n) is 2.93. The van der Waals surface area contributed by atoms with Crippen LogP contribution >= 0.6 is 24.0 Å². The molecule has 1 saturated heterocycles. The summed E-state index contributed by atoms with van der Waals surface area (Å²) < 4.78 is 5.36. The van der Waals surface area contributed by atoms with Crippen LogP contribution in [0.5, 0.6) is 0 Å². The van der Waals surface area contributed by atoms with E-state index in [0.29, 0.717) is 24.9 Å². The van der Waals surface area contributed by atoms with Gasteiger partial charge in [0.05, 0.1) is 13.1 Å². The molecule has 1 aliphatic carbocycles. The Bertz CT molecular complexity index is 680. The van der Waals surface area contributed by atoms with E-state index in [1.54, 1.807) is 19.2 Å². The molecule has 0 spiro atoms. The van der Waals surface area contributed by atoms with Crippen LogP contribution in [-0.2, 0) is 11.3 Å². The number of guanidine groups is 1. The second-order valence-corrected chi connectivity index (χ2v) is 6.64. The first-order valence-corrected chi connectivity index (χ1v) is 8.91. The molecule has 2 amide bonds. The van der Waals surface area contributed by atoms with E-state index in [0.717, 1.165) is 45.0 Å². The minimum atomic E-state index is -0.581. The minimum absolute atomic E-state index is 0. The molecule has 1 aromatic heterocycles. The van der Waals surface area contributed by atoms with Crippen molar-refractivity contribution in [2.24, 2.45) is 10.7 Å². The Kier molecular flexibility index (Phi) is 7.90. The molecule has 2 fully saturated rings. The molecule has 1 aliphatic heterocycles. The molecule has 0 aromatic carbocycles. The zero-order chi connectivity index (χ0) is 18.5. The van der Waals surface area contributed by atoms with Crippen molar-refractivity contribution in [3.05, 3.63) is 23.7 Å². The quantitative estimate of drug-likeness (QED) is 0.293. The average Bonchev–Trinajstić information content (AvgIpc) is 3.29. The lowest BCUT2D eigenvalue weighted by Gasteiger charge is -2.36. The van der Waals surface area contributed by atoms with Gasteiger partial charge in [-0.05, 0) is 25.0 Å². The van der Waals surface area contributed by atoms with Gasteiger partial charge in [0.25, 0.3) is 5.91 Å². The van der Waals surface area contributed by atoms with E-state index in [4.69, 9.17) is 10.2 Å². The first-order chi connectivity index (χ1) is 12.5. The number of aliphatic imine (C=N–C) groups is 1. The summed E-state index contributed by atoms with van der Waals surface area (Å²) in [5, 5.41) is 6.25. The number of furan rings is 1. The van der Waals surface area contributed by atoms with Gasteiger partial charge in [-0.1, -0.05) is 0 Å². The van der Waals surface area contributed by atoms with Crippen molar-refractivity contribution in [3.63, 3.8) is 0 Å². The Morgan fingerprint density at radius 1 is 1.26 bits per heavy atom. The van der Waals surface area contributed by atoms with E-state index in [1.807, 2.05) is 0 Å². The number of nitrogens with two attached hydrogens (primary N) is 1. The van der Waals surface area contributed by atoms with Crippen molar-refractivity contribution in [3.8, 4) is 0 Å². The lowest BCUT2D eigenvalue weighted by molar-refractivity contribution is -0.122. The van der Waals surface area contributed by atoms with E-state index < -0.39 is 5.91 Å². The molecular formula is C17H27IN6O3. The van der Waals surface area contributed by atoms with Gasteiger partial charge in [-0.3, -0.25) is 19.5 Å². The van der Waals surface area contributed by atoms with Crippen LogP contribution in [0.2, 0.25) is 0 Å². The molecule has 0 atom stereocenters. The molecule has 0 unspecified atom stereocenters. The van der Waals surface area contributed by atoms with Crippen molar-refractivity contribution < 1.29 is 14.0 Å². The lowest BCUT2D eigenvalue weighted by atomic mass is 10.3. The van der Waals surface area contributed by atoms with Gasteiger partial charge in [-0.25, -0.2) is 0 Å². The molecule has 10 heteroatoms. The van der Waals surface area contributed by atoms with E-state index in [-0.39, 0.29) is 35.6 Å². The first-order valence-electron chi connectivity index (χ1n) is 8.91. The van der Waals surface area contributed by atoms with Crippen LogP contribution in [0.15, 0.2) is 21.5 Å². The SMILES string of the molecule is CN=C(NCc1ccc(C(N)=O)o1)N1CCN(CC(=O)NC2CC2)CC1.I. The van der Waals surface area contributed by atoms with Gasteiger partial charge in [0.1, 0.15) is 5.76 Å². The fourth-order valence-corrected chi connectivity index (χ4v) is 2.93. The van der Waals surface area contributed by atoms with Gasteiger partial charge in [0.15, 0.2) is 11.7 Å². The smallest absolute Gasteiger partial charge is 0.284 e. The number of carbonyl (C=O) groups excluding carboxylic acids is 2. The summed E-state index contributed by atoms with van der Waals surface area (Å²) in [5.74, 6) is 1.07. The largest absolute Gasteiger partial charge is 0.454 e. The van der Waals surface area contributed by atoms with Crippen LogP contribution in [0, 0.1) is 0 Å². The van der Waals surface area contributed by atoms with Crippen LogP contribution in [0.3, 0.4) is 0 Å². The summed E-state index contributed by atoms with van der Waals surface area (Å²) in [6.07, 6.45) is 2.22. The Morgan fingerprint density at radius 3 is 2.52 bits per heavy atom. The first kappa shape index (κ1) is 21.5. The number of primary amides is 1. The molecule has 2 heterocycles. The molecule has 27 heavy (non-hydrogen) atoms. The maximum absolute atomic E-state index is 11.9. The second kappa shape index (κ2) is 9.93.